The number of fused-ring (bicyclic) bond motifs is 3. The molecule has 0 aliphatic rings. The third-order valence-electron chi connectivity index (χ3n) is 3.79. The first-order valence-electron chi connectivity index (χ1n) is 8.22. The van der Waals surface area contributed by atoms with Crippen molar-refractivity contribution < 1.29 is 14.7 Å². The number of benzene rings is 1. The molecule has 0 atom stereocenters. The van der Waals surface area contributed by atoms with E-state index in [0.29, 0.717) is 28.4 Å². The SMILES string of the molecule is CCCNC(=O)CSc1nnc2c3cc(C)ccc3n(CC(=O)[O-])c2n1. The number of carboxylic acid groups (broad SMARTS) is 1. The molecule has 0 radical (unpaired) electrons. The van der Waals surface area contributed by atoms with Gasteiger partial charge in [-0.15, -0.1) is 10.2 Å². The van der Waals surface area contributed by atoms with Crippen molar-refractivity contribution in [3.05, 3.63) is 23.8 Å². The molecule has 1 aromatic carbocycles. The van der Waals surface area contributed by atoms with Crippen molar-refractivity contribution >= 4 is 45.7 Å². The van der Waals surface area contributed by atoms with Crippen molar-refractivity contribution in [3.8, 4) is 0 Å². The molecule has 8 nitrogen and oxygen atoms in total. The van der Waals surface area contributed by atoms with E-state index in [9.17, 15) is 14.7 Å². The first-order valence-corrected chi connectivity index (χ1v) is 9.20. The average Bonchev–Trinajstić information content (AvgIpc) is 2.90. The first-order chi connectivity index (χ1) is 12.5. The van der Waals surface area contributed by atoms with Gasteiger partial charge in [-0.2, -0.15) is 0 Å². The lowest BCUT2D eigenvalue weighted by atomic mass is 10.2. The summed E-state index contributed by atoms with van der Waals surface area (Å²) >= 11 is 1.16. The minimum absolute atomic E-state index is 0.105. The molecule has 2 heterocycles. The summed E-state index contributed by atoms with van der Waals surface area (Å²) in [4.78, 5) is 27.3. The Balaban J connectivity index is 1.98. The Hall–Kier alpha value is -2.68. The third-order valence-corrected chi connectivity index (χ3v) is 4.63. The highest BCUT2D eigenvalue weighted by Gasteiger charge is 2.16. The third kappa shape index (κ3) is 3.77. The number of aromatic nitrogens is 4. The fourth-order valence-corrected chi connectivity index (χ4v) is 3.26. The molecule has 3 aromatic rings. The maximum Gasteiger partial charge on any atom is 0.230 e. The molecule has 0 fully saturated rings. The van der Waals surface area contributed by atoms with Crippen LogP contribution in [0.5, 0.6) is 0 Å². The van der Waals surface area contributed by atoms with E-state index in [-0.39, 0.29) is 18.2 Å². The zero-order valence-electron chi connectivity index (χ0n) is 14.5. The Morgan fingerprint density at radius 2 is 2.12 bits per heavy atom. The molecular weight excluding hydrogens is 354 g/mol. The fourth-order valence-electron chi connectivity index (χ4n) is 2.65. The number of rotatable bonds is 7. The van der Waals surface area contributed by atoms with E-state index in [2.05, 4.69) is 20.5 Å². The van der Waals surface area contributed by atoms with E-state index in [1.807, 2.05) is 32.0 Å². The molecule has 136 valence electrons. The van der Waals surface area contributed by atoms with Crippen molar-refractivity contribution in [2.45, 2.75) is 32.0 Å². The number of hydrogen-bond acceptors (Lipinski definition) is 7. The van der Waals surface area contributed by atoms with Crippen molar-refractivity contribution in [2.24, 2.45) is 0 Å². The van der Waals surface area contributed by atoms with Crippen LogP contribution in [0.25, 0.3) is 22.1 Å². The Bertz CT molecular complexity index is 985. The second-order valence-corrected chi connectivity index (χ2v) is 6.83. The number of nitrogens with zero attached hydrogens (tertiary/aromatic N) is 4. The lowest BCUT2D eigenvalue weighted by molar-refractivity contribution is -0.306. The number of aryl methyl sites for hydroxylation is 1. The van der Waals surface area contributed by atoms with E-state index in [4.69, 9.17) is 0 Å². The molecule has 0 spiro atoms. The van der Waals surface area contributed by atoms with Gasteiger partial charge >= 0.3 is 0 Å². The summed E-state index contributed by atoms with van der Waals surface area (Å²) in [7, 11) is 0. The summed E-state index contributed by atoms with van der Waals surface area (Å²) in [6.45, 7) is 4.22. The van der Waals surface area contributed by atoms with Gasteiger partial charge in [-0.3, -0.25) is 4.79 Å². The molecule has 0 saturated carbocycles. The number of carbonyl (C=O) groups excluding carboxylic acids is 2. The highest BCUT2D eigenvalue weighted by Crippen LogP contribution is 2.28. The molecular formula is C17H18N5O3S-. The quantitative estimate of drug-likeness (QED) is 0.606. The number of thioether (sulfide) groups is 1. The summed E-state index contributed by atoms with van der Waals surface area (Å²) in [5.41, 5.74) is 2.68. The zero-order chi connectivity index (χ0) is 18.7. The molecule has 0 aliphatic heterocycles. The summed E-state index contributed by atoms with van der Waals surface area (Å²) in [6, 6.07) is 5.65. The summed E-state index contributed by atoms with van der Waals surface area (Å²) in [6.07, 6.45) is 0.864. The van der Waals surface area contributed by atoms with E-state index in [0.717, 1.165) is 29.1 Å². The number of carboxylic acids is 1. The second kappa shape index (κ2) is 7.69. The number of carbonyl (C=O) groups is 2. The van der Waals surface area contributed by atoms with Crippen LogP contribution < -0.4 is 10.4 Å². The monoisotopic (exact) mass is 372 g/mol. The lowest BCUT2D eigenvalue weighted by Crippen LogP contribution is -2.27. The van der Waals surface area contributed by atoms with Crippen molar-refractivity contribution in [2.75, 3.05) is 12.3 Å². The van der Waals surface area contributed by atoms with Crippen molar-refractivity contribution in [3.63, 3.8) is 0 Å². The predicted octanol–water partition coefficient (Wildman–Crippen LogP) is 0.656. The number of nitrogens with one attached hydrogen (secondary N) is 1. The molecule has 9 heteroatoms. The molecule has 2 aromatic heterocycles. The minimum atomic E-state index is -1.21. The van der Waals surface area contributed by atoms with Gasteiger partial charge in [0.15, 0.2) is 5.65 Å². The van der Waals surface area contributed by atoms with Crippen LogP contribution in [0.4, 0.5) is 0 Å². The zero-order valence-corrected chi connectivity index (χ0v) is 15.3. The van der Waals surface area contributed by atoms with Crippen LogP contribution >= 0.6 is 11.8 Å². The van der Waals surface area contributed by atoms with Crippen LogP contribution in [0.2, 0.25) is 0 Å². The van der Waals surface area contributed by atoms with E-state index < -0.39 is 5.97 Å². The normalized spacial score (nSPS) is 11.2. The van der Waals surface area contributed by atoms with Gasteiger partial charge in [-0.05, 0) is 25.5 Å². The molecule has 0 saturated heterocycles. The summed E-state index contributed by atoms with van der Waals surface area (Å²) in [5.74, 6) is -1.14. The standard InChI is InChI=1S/C17H19N5O3S/c1-3-6-18-13(23)9-26-17-19-16-15(20-21-17)11-7-10(2)4-5-12(11)22(16)8-14(24)25/h4-5,7H,3,6,8-9H2,1-2H3,(H,18,23)(H,24,25)/p-1. The largest absolute Gasteiger partial charge is 0.548 e. The topological polar surface area (TPSA) is 113 Å². The summed E-state index contributed by atoms with van der Waals surface area (Å²) < 4.78 is 1.55. The van der Waals surface area contributed by atoms with Gasteiger partial charge in [0.2, 0.25) is 11.1 Å². The molecule has 0 bridgehead atoms. The summed E-state index contributed by atoms with van der Waals surface area (Å²) in [5, 5.41) is 23.4. The van der Waals surface area contributed by atoms with Gasteiger partial charge in [-0.25, -0.2) is 4.98 Å². The Kier molecular flexibility index (Phi) is 5.36. The van der Waals surface area contributed by atoms with Crippen molar-refractivity contribution in [1.29, 1.82) is 0 Å². The number of aliphatic carboxylic acids is 1. The van der Waals surface area contributed by atoms with Gasteiger partial charge in [0.1, 0.15) is 5.52 Å². The van der Waals surface area contributed by atoms with Crippen LogP contribution in [0.3, 0.4) is 0 Å². The van der Waals surface area contributed by atoms with Crippen molar-refractivity contribution in [1.82, 2.24) is 25.1 Å². The maximum absolute atomic E-state index is 11.7. The molecule has 0 aliphatic carbocycles. The van der Waals surface area contributed by atoms with Crippen LogP contribution in [0.15, 0.2) is 23.4 Å². The molecule has 26 heavy (non-hydrogen) atoms. The number of hydrogen-bond donors (Lipinski definition) is 1. The maximum atomic E-state index is 11.7. The highest BCUT2D eigenvalue weighted by atomic mass is 32.2. The van der Waals surface area contributed by atoms with Crippen LogP contribution in [0.1, 0.15) is 18.9 Å². The molecule has 3 rings (SSSR count). The predicted molar refractivity (Wildman–Crippen MR) is 96.6 cm³/mol. The second-order valence-electron chi connectivity index (χ2n) is 5.88. The van der Waals surface area contributed by atoms with Gasteiger partial charge in [0.05, 0.1) is 23.8 Å². The highest BCUT2D eigenvalue weighted by molar-refractivity contribution is 7.99. The fraction of sp³-hybridized carbons (Fsp3) is 0.353. The van der Waals surface area contributed by atoms with Gasteiger partial charge in [-0.1, -0.05) is 30.3 Å². The van der Waals surface area contributed by atoms with Gasteiger partial charge in [0.25, 0.3) is 0 Å². The smallest absolute Gasteiger partial charge is 0.230 e. The van der Waals surface area contributed by atoms with Crippen LogP contribution in [-0.2, 0) is 16.1 Å². The minimum Gasteiger partial charge on any atom is -0.548 e. The van der Waals surface area contributed by atoms with E-state index in [1.54, 1.807) is 4.57 Å². The van der Waals surface area contributed by atoms with E-state index in [1.165, 1.54) is 0 Å². The average molecular weight is 372 g/mol. The Morgan fingerprint density at radius 1 is 1.31 bits per heavy atom. The Morgan fingerprint density at radius 3 is 2.85 bits per heavy atom. The number of amides is 1. The first kappa shape index (κ1) is 18.1. The van der Waals surface area contributed by atoms with Crippen LogP contribution in [-0.4, -0.2) is 43.9 Å². The van der Waals surface area contributed by atoms with E-state index >= 15 is 0 Å². The van der Waals surface area contributed by atoms with Gasteiger partial charge in [0, 0.05) is 11.9 Å². The molecule has 0 unspecified atom stereocenters. The van der Waals surface area contributed by atoms with Crippen LogP contribution in [0, 0.1) is 6.92 Å². The Labute approximate surface area is 154 Å². The van der Waals surface area contributed by atoms with Gasteiger partial charge < -0.3 is 19.8 Å². The lowest BCUT2D eigenvalue weighted by Gasteiger charge is -2.07. The molecule has 1 amide bonds. The molecule has 1 N–H and O–H groups in total.